The Hall–Kier alpha value is -0.920. The lowest BCUT2D eigenvalue weighted by atomic mass is 10.1. The molecule has 0 rings (SSSR count). The Morgan fingerprint density at radius 3 is 2.00 bits per heavy atom. The van der Waals surface area contributed by atoms with E-state index < -0.39 is 31.9 Å². The zero-order valence-corrected chi connectivity index (χ0v) is 9.74. The van der Waals surface area contributed by atoms with Crippen LogP contribution in [-0.2, 0) is 14.9 Å². The van der Waals surface area contributed by atoms with Crippen molar-refractivity contribution in [2.24, 2.45) is 0 Å². The molecule has 0 heterocycles. The van der Waals surface area contributed by atoms with Crippen molar-refractivity contribution in [3.05, 3.63) is 12.7 Å². The fourth-order valence-electron chi connectivity index (χ4n) is 1.38. The predicted molar refractivity (Wildman–Crippen MR) is 52.1 cm³/mol. The number of nitrogens with zero attached hydrogens (tertiary/aromatic N) is 1. The van der Waals surface area contributed by atoms with Crippen molar-refractivity contribution in [2.45, 2.75) is 11.3 Å². The Kier molecular flexibility index (Phi) is 3.67. The van der Waals surface area contributed by atoms with E-state index in [0.717, 1.165) is 6.08 Å². The maximum atomic E-state index is 11.2. The van der Waals surface area contributed by atoms with Gasteiger partial charge in [0.2, 0.25) is 0 Å². The van der Waals surface area contributed by atoms with E-state index in [1.165, 1.54) is 21.1 Å². The number of carboxylic acid groups (broad SMARTS) is 1. The molecular formula is C8H15NO5S. The van der Waals surface area contributed by atoms with Gasteiger partial charge in [-0.05, 0) is 0 Å². The summed E-state index contributed by atoms with van der Waals surface area (Å²) in [5, 5.41) is 11.0. The van der Waals surface area contributed by atoms with E-state index in [1.807, 2.05) is 0 Å². The van der Waals surface area contributed by atoms with E-state index in [9.17, 15) is 18.3 Å². The van der Waals surface area contributed by atoms with Crippen LogP contribution in [0.3, 0.4) is 0 Å². The molecule has 0 aromatic heterocycles. The Morgan fingerprint density at radius 1 is 1.53 bits per heavy atom. The van der Waals surface area contributed by atoms with Crippen molar-refractivity contribution in [3.63, 3.8) is 0 Å². The van der Waals surface area contributed by atoms with Crippen LogP contribution in [0.1, 0.15) is 6.42 Å². The van der Waals surface area contributed by atoms with Crippen LogP contribution in [0.5, 0.6) is 0 Å². The molecule has 0 saturated carbocycles. The molecule has 0 amide bonds. The van der Waals surface area contributed by atoms with Gasteiger partial charge in [-0.15, -0.1) is 6.58 Å². The Balaban J connectivity index is 5.95. The third-order valence-corrected chi connectivity index (χ3v) is 3.98. The summed E-state index contributed by atoms with van der Waals surface area (Å²) in [6.45, 7) is 3.28. The monoisotopic (exact) mass is 237 g/mol. The third kappa shape index (κ3) is 2.19. The molecule has 0 saturated heterocycles. The van der Waals surface area contributed by atoms with Gasteiger partial charge in [-0.1, -0.05) is 6.08 Å². The summed E-state index contributed by atoms with van der Waals surface area (Å²) in [4.78, 5) is 8.57. The third-order valence-electron chi connectivity index (χ3n) is 2.25. The first-order valence-corrected chi connectivity index (χ1v) is 5.55. The van der Waals surface area contributed by atoms with Crippen molar-refractivity contribution in [1.82, 2.24) is 0 Å². The normalized spacial score (nSPS) is 16.8. The summed E-state index contributed by atoms with van der Waals surface area (Å²) in [5.74, 6) is -1.85. The number of rotatable bonds is 5. The van der Waals surface area contributed by atoms with Gasteiger partial charge in [0.1, 0.15) is 5.97 Å². The van der Waals surface area contributed by atoms with Gasteiger partial charge in [0, 0.05) is 6.42 Å². The molecule has 1 atom stereocenters. The van der Waals surface area contributed by atoms with Crippen molar-refractivity contribution < 1.29 is 27.4 Å². The number of carbonyl (C=O) groups excluding carboxylic acids is 1. The first-order chi connectivity index (χ1) is 6.50. The van der Waals surface area contributed by atoms with Crippen LogP contribution >= 0.6 is 0 Å². The summed E-state index contributed by atoms with van der Waals surface area (Å²) in [6.07, 6.45) is 0.685. The molecule has 0 aromatic rings. The van der Waals surface area contributed by atoms with Gasteiger partial charge >= 0.3 is 10.1 Å². The van der Waals surface area contributed by atoms with E-state index in [1.54, 1.807) is 0 Å². The molecule has 6 nitrogen and oxygen atoms in total. The Morgan fingerprint density at radius 2 is 1.93 bits per heavy atom. The van der Waals surface area contributed by atoms with Crippen LogP contribution in [-0.4, -0.2) is 49.4 Å². The summed E-state index contributed by atoms with van der Waals surface area (Å²) in [7, 11) is -0.786. The molecule has 0 aliphatic heterocycles. The summed E-state index contributed by atoms with van der Waals surface area (Å²) >= 11 is 0. The standard InChI is InChI=1S/C8H15NO5S/c1-5-6-8(7(10)11,9(2,3)4)15(12,13)14/h5H,1,6H2,2-4H3,(H-,10,11,12,13,14). The average molecular weight is 237 g/mol. The molecule has 88 valence electrons. The summed E-state index contributed by atoms with van der Waals surface area (Å²) in [5.41, 5.74) is 0. The van der Waals surface area contributed by atoms with Crippen molar-refractivity contribution in [1.29, 1.82) is 0 Å². The van der Waals surface area contributed by atoms with Gasteiger partial charge in [0.05, 0.1) is 21.1 Å². The van der Waals surface area contributed by atoms with Gasteiger partial charge < -0.3 is 14.4 Å². The summed E-state index contributed by atoms with van der Waals surface area (Å²) in [6, 6.07) is 0. The largest absolute Gasteiger partial charge is 0.543 e. The smallest absolute Gasteiger partial charge is 0.328 e. The highest BCUT2D eigenvalue weighted by Crippen LogP contribution is 2.28. The van der Waals surface area contributed by atoms with Gasteiger partial charge in [-0.3, -0.25) is 4.55 Å². The highest BCUT2D eigenvalue weighted by molar-refractivity contribution is 7.87. The van der Waals surface area contributed by atoms with Gasteiger partial charge in [-0.2, -0.15) is 8.42 Å². The van der Waals surface area contributed by atoms with E-state index >= 15 is 0 Å². The lowest BCUT2D eigenvalue weighted by Gasteiger charge is -2.43. The Bertz CT molecular complexity index is 367. The van der Waals surface area contributed by atoms with Crippen LogP contribution in [0.25, 0.3) is 0 Å². The second-order valence-corrected chi connectivity index (χ2v) is 5.68. The molecule has 0 aliphatic carbocycles. The van der Waals surface area contributed by atoms with Crippen LogP contribution in [0.4, 0.5) is 0 Å². The van der Waals surface area contributed by atoms with Gasteiger partial charge in [-0.25, -0.2) is 0 Å². The maximum Gasteiger partial charge on any atom is 0.328 e. The molecule has 0 fully saturated rings. The minimum atomic E-state index is -4.81. The SMILES string of the molecule is C=CCC(C(=O)[O-])([N+](C)(C)C)S(=O)(=O)O. The molecule has 0 spiro atoms. The second kappa shape index (κ2) is 3.92. The molecule has 0 aliphatic rings. The van der Waals surface area contributed by atoms with Crippen LogP contribution in [0, 0.1) is 0 Å². The van der Waals surface area contributed by atoms with Crippen LogP contribution in [0.2, 0.25) is 0 Å². The van der Waals surface area contributed by atoms with Crippen molar-refractivity contribution >= 4 is 16.1 Å². The predicted octanol–water partition coefficient (Wildman–Crippen LogP) is -1.40. The average Bonchev–Trinajstić information content (AvgIpc) is 1.93. The molecule has 1 N–H and O–H groups in total. The molecule has 1 unspecified atom stereocenters. The van der Waals surface area contributed by atoms with E-state index in [0.29, 0.717) is 0 Å². The highest BCUT2D eigenvalue weighted by atomic mass is 32.2. The minimum absolute atomic E-state index is 0.433. The topological polar surface area (TPSA) is 94.5 Å². The first kappa shape index (κ1) is 14.1. The fraction of sp³-hybridized carbons (Fsp3) is 0.625. The maximum absolute atomic E-state index is 11.2. The number of hydrogen-bond donors (Lipinski definition) is 1. The number of aliphatic carboxylic acids is 1. The zero-order chi connectivity index (χ0) is 12.5. The van der Waals surface area contributed by atoms with Crippen LogP contribution in [0.15, 0.2) is 12.7 Å². The second-order valence-electron chi connectivity index (χ2n) is 4.05. The highest BCUT2D eigenvalue weighted by Gasteiger charge is 2.55. The van der Waals surface area contributed by atoms with Gasteiger partial charge in [0.15, 0.2) is 0 Å². The Labute approximate surface area is 89.2 Å². The van der Waals surface area contributed by atoms with E-state index in [2.05, 4.69) is 6.58 Å². The first-order valence-electron chi connectivity index (χ1n) is 4.11. The number of likely N-dealkylation sites (N-methyl/N-ethyl adjacent to an activating group) is 1. The number of carbonyl (C=O) groups is 1. The van der Waals surface area contributed by atoms with Crippen molar-refractivity contribution in [3.8, 4) is 0 Å². The van der Waals surface area contributed by atoms with E-state index in [-0.39, 0.29) is 0 Å². The molecule has 0 bridgehead atoms. The number of quaternary nitrogens is 1. The molecule has 0 radical (unpaired) electrons. The fourth-order valence-corrected chi connectivity index (χ4v) is 2.61. The number of carboxylic acids is 1. The zero-order valence-electron chi connectivity index (χ0n) is 8.93. The minimum Gasteiger partial charge on any atom is -0.543 e. The van der Waals surface area contributed by atoms with Gasteiger partial charge in [0.25, 0.3) is 4.87 Å². The molecule has 0 aromatic carbocycles. The summed E-state index contributed by atoms with van der Waals surface area (Å²) < 4.78 is 30.9. The molecule has 7 heteroatoms. The quantitative estimate of drug-likeness (QED) is 0.360. The lowest BCUT2D eigenvalue weighted by Crippen LogP contribution is -2.69. The number of hydrogen-bond acceptors (Lipinski definition) is 4. The molecular weight excluding hydrogens is 222 g/mol. The van der Waals surface area contributed by atoms with Crippen LogP contribution < -0.4 is 5.11 Å². The van der Waals surface area contributed by atoms with Crippen molar-refractivity contribution in [2.75, 3.05) is 21.1 Å². The molecule has 15 heavy (non-hydrogen) atoms. The van der Waals surface area contributed by atoms with E-state index in [4.69, 9.17) is 4.55 Å². The lowest BCUT2D eigenvalue weighted by molar-refractivity contribution is -0.900.